The molecule has 3 atom stereocenters. The molecule has 1 aromatic heterocycles. The van der Waals surface area contributed by atoms with E-state index in [9.17, 15) is 18.8 Å². The van der Waals surface area contributed by atoms with E-state index >= 15 is 0 Å². The third-order valence-electron chi connectivity index (χ3n) is 6.17. The minimum atomic E-state index is -1.14. The summed E-state index contributed by atoms with van der Waals surface area (Å²) in [7, 11) is 3.18. The van der Waals surface area contributed by atoms with Gasteiger partial charge < -0.3 is 14.5 Å². The lowest BCUT2D eigenvalue weighted by Gasteiger charge is -2.43. The molecule has 0 amide bonds. The number of rotatable bonds is 4. The van der Waals surface area contributed by atoms with Crippen LogP contribution in [0.5, 0.6) is 0 Å². The number of esters is 1. The molecule has 28 heavy (non-hydrogen) atoms. The van der Waals surface area contributed by atoms with Gasteiger partial charge in [-0.2, -0.15) is 0 Å². The summed E-state index contributed by atoms with van der Waals surface area (Å²) in [6.07, 6.45) is 1.89. The Balaban J connectivity index is 1.84. The number of carbonyl (C=O) groups is 1. The highest BCUT2D eigenvalue weighted by molar-refractivity contribution is 5.78. The zero-order valence-electron chi connectivity index (χ0n) is 15.7. The maximum Gasteiger partial charge on any atom is 0.329 e. The van der Waals surface area contributed by atoms with Crippen molar-refractivity contribution in [1.82, 2.24) is 14.5 Å². The summed E-state index contributed by atoms with van der Waals surface area (Å²) < 4.78 is 25.1. The largest absolute Gasteiger partial charge is 0.467 e. The van der Waals surface area contributed by atoms with Crippen LogP contribution in [0.1, 0.15) is 25.3 Å². The number of aromatic amines is 1. The van der Waals surface area contributed by atoms with Gasteiger partial charge in [0, 0.05) is 11.6 Å². The summed E-state index contributed by atoms with van der Waals surface area (Å²) in [5.41, 5.74) is -1.71. The molecule has 2 aliphatic heterocycles. The van der Waals surface area contributed by atoms with Gasteiger partial charge in [-0.1, -0.05) is 0 Å². The van der Waals surface area contributed by atoms with Gasteiger partial charge in [0.05, 0.1) is 31.2 Å². The summed E-state index contributed by atoms with van der Waals surface area (Å²) in [6.45, 7) is 1.03. The van der Waals surface area contributed by atoms with Gasteiger partial charge in [0.2, 0.25) is 0 Å². The topological polar surface area (TPSA) is 93.6 Å². The summed E-state index contributed by atoms with van der Waals surface area (Å²) >= 11 is 0. The molecule has 3 unspecified atom stereocenters. The first-order chi connectivity index (χ1) is 13.4. The zero-order chi connectivity index (χ0) is 20.1. The molecule has 2 fully saturated rings. The van der Waals surface area contributed by atoms with E-state index in [1.807, 2.05) is 7.05 Å². The molecule has 0 spiro atoms. The third-order valence-corrected chi connectivity index (χ3v) is 6.17. The number of methoxy groups -OCH3 is 1. The molecule has 3 heterocycles. The molecular formula is C19H22FN3O5. The van der Waals surface area contributed by atoms with Crippen LogP contribution in [0.25, 0.3) is 10.9 Å². The van der Waals surface area contributed by atoms with Crippen molar-refractivity contribution in [3.8, 4) is 0 Å². The minimum Gasteiger partial charge on any atom is -0.467 e. The van der Waals surface area contributed by atoms with Gasteiger partial charge in [0.1, 0.15) is 11.9 Å². The van der Waals surface area contributed by atoms with E-state index in [-0.39, 0.29) is 23.4 Å². The van der Waals surface area contributed by atoms with Crippen molar-refractivity contribution >= 4 is 16.9 Å². The van der Waals surface area contributed by atoms with Crippen LogP contribution in [0.15, 0.2) is 27.8 Å². The number of halogens is 1. The van der Waals surface area contributed by atoms with Crippen LogP contribution >= 0.6 is 0 Å². The average Bonchev–Trinajstić information content (AvgIpc) is 2.84. The molecule has 2 saturated heterocycles. The Morgan fingerprint density at radius 3 is 3.00 bits per heavy atom. The number of likely N-dealkylation sites (N-methyl/N-ethyl adjacent to an activating group) is 1. The highest BCUT2D eigenvalue weighted by Gasteiger charge is 2.50. The predicted octanol–water partition coefficient (Wildman–Crippen LogP) is 0.796. The molecule has 2 bridgehead atoms. The molecule has 9 heteroatoms. The van der Waals surface area contributed by atoms with Crippen molar-refractivity contribution < 1.29 is 18.7 Å². The predicted molar refractivity (Wildman–Crippen MR) is 98.8 cm³/mol. The number of hydrogen-bond acceptors (Lipinski definition) is 6. The van der Waals surface area contributed by atoms with Crippen LogP contribution in [0.4, 0.5) is 4.39 Å². The van der Waals surface area contributed by atoms with Gasteiger partial charge in [0.15, 0.2) is 0 Å². The molecule has 2 aromatic rings. The smallest absolute Gasteiger partial charge is 0.329 e. The molecule has 0 saturated carbocycles. The lowest BCUT2D eigenvalue weighted by Crippen LogP contribution is -2.56. The SMILES string of the molecule is COC(=O)C(CC12CCC(COC1)N2C)n1c(=O)[nH]c2ccc(F)cc2c1=O. The van der Waals surface area contributed by atoms with Gasteiger partial charge in [-0.3, -0.25) is 9.69 Å². The fourth-order valence-corrected chi connectivity index (χ4v) is 4.51. The number of nitrogens with zero attached hydrogens (tertiary/aromatic N) is 2. The maximum atomic E-state index is 13.7. The molecular weight excluding hydrogens is 369 g/mol. The van der Waals surface area contributed by atoms with E-state index < -0.39 is 34.6 Å². The number of nitrogens with one attached hydrogen (secondary N) is 1. The maximum absolute atomic E-state index is 13.7. The van der Waals surface area contributed by atoms with Gasteiger partial charge in [-0.25, -0.2) is 18.5 Å². The normalized spacial score (nSPS) is 25.8. The average molecular weight is 391 g/mol. The fourth-order valence-electron chi connectivity index (χ4n) is 4.51. The molecule has 0 aliphatic carbocycles. The van der Waals surface area contributed by atoms with Crippen molar-refractivity contribution in [3.05, 3.63) is 44.9 Å². The van der Waals surface area contributed by atoms with Crippen LogP contribution in [-0.2, 0) is 14.3 Å². The highest BCUT2D eigenvalue weighted by atomic mass is 19.1. The number of fused-ring (bicyclic) bond motifs is 3. The number of morpholine rings is 1. The van der Waals surface area contributed by atoms with Crippen molar-refractivity contribution in [2.75, 3.05) is 27.4 Å². The molecule has 8 nitrogen and oxygen atoms in total. The monoisotopic (exact) mass is 391 g/mol. The first kappa shape index (κ1) is 18.8. The molecule has 150 valence electrons. The number of H-pyrrole nitrogens is 1. The number of ether oxygens (including phenoxy) is 2. The second-order valence-corrected chi connectivity index (χ2v) is 7.58. The summed E-state index contributed by atoms with van der Waals surface area (Å²) in [6, 6.07) is 2.64. The van der Waals surface area contributed by atoms with E-state index in [1.54, 1.807) is 0 Å². The van der Waals surface area contributed by atoms with E-state index in [2.05, 4.69) is 9.88 Å². The Kier molecular flexibility index (Phi) is 4.59. The van der Waals surface area contributed by atoms with Gasteiger partial charge >= 0.3 is 11.7 Å². The molecule has 0 radical (unpaired) electrons. The standard InChI is InChI=1S/C19H22FN3O5/c1-22-12-5-6-19(22,10-28-9-12)8-15(17(25)27-2)23-16(24)13-7-11(20)3-4-14(13)21-18(23)26/h3-4,7,12,15H,5-6,8-10H2,1-2H3,(H,21,26). The second kappa shape index (κ2) is 6.82. The van der Waals surface area contributed by atoms with Crippen molar-refractivity contribution in [2.45, 2.75) is 36.9 Å². The van der Waals surface area contributed by atoms with E-state index in [4.69, 9.17) is 9.47 Å². The first-order valence-corrected chi connectivity index (χ1v) is 9.19. The third kappa shape index (κ3) is 2.85. The van der Waals surface area contributed by atoms with Crippen molar-refractivity contribution in [3.63, 3.8) is 0 Å². The van der Waals surface area contributed by atoms with Gasteiger partial charge in [-0.15, -0.1) is 0 Å². The Morgan fingerprint density at radius 1 is 1.46 bits per heavy atom. The lowest BCUT2D eigenvalue weighted by atomic mass is 9.88. The van der Waals surface area contributed by atoms with Crippen LogP contribution in [0.2, 0.25) is 0 Å². The number of hydrogen-bond donors (Lipinski definition) is 1. The second-order valence-electron chi connectivity index (χ2n) is 7.58. The Labute approximate surface area is 159 Å². The summed E-state index contributed by atoms with van der Waals surface area (Å²) in [5, 5.41) is 0.00329. The number of benzene rings is 1. The van der Waals surface area contributed by atoms with Crippen molar-refractivity contribution in [2.24, 2.45) is 0 Å². The first-order valence-electron chi connectivity index (χ1n) is 9.19. The van der Waals surface area contributed by atoms with Crippen molar-refractivity contribution in [1.29, 1.82) is 0 Å². The summed E-state index contributed by atoms with van der Waals surface area (Å²) in [5.74, 6) is -1.30. The van der Waals surface area contributed by atoms with Gasteiger partial charge in [0.25, 0.3) is 5.56 Å². The molecule has 4 rings (SSSR count). The van der Waals surface area contributed by atoms with Crippen LogP contribution in [-0.4, -0.2) is 59.4 Å². The van der Waals surface area contributed by atoms with E-state index in [0.29, 0.717) is 13.2 Å². The zero-order valence-corrected chi connectivity index (χ0v) is 15.7. The lowest BCUT2D eigenvalue weighted by molar-refractivity contribution is -0.147. The molecule has 1 N–H and O–H groups in total. The number of aromatic nitrogens is 2. The summed E-state index contributed by atoms with van der Waals surface area (Å²) in [4.78, 5) is 43.0. The van der Waals surface area contributed by atoms with Crippen LogP contribution in [0.3, 0.4) is 0 Å². The highest BCUT2D eigenvalue weighted by Crippen LogP contribution is 2.41. The molecule has 1 aromatic carbocycles. The Morgan fingerprint density at radius 2 is 2.25 bits per heavy atom. The van der Waals surface area contributed by atoms with Gasteiger partial charge in [-0.05, 0) is 44.5 Å². The minimum absolute atomic E-state index is 0.00329. The Bertz CT molecular complexity index is 1040. The van der Waals surface area contributed by atoms with Crippen LogP contribution in [0, 0.1) is 5.82 Å². The Hall–Kier alpha value is -2.52. The van der Waals surface area contributed by atoms with E-state index in [0.717, 1.165) is 29.5 Å². The van der Waals surface area contributed by atoms with E-state index in [1.165, 1.54) is 13.2 Å². The quantitative estimate of drug-likeness (QED) is 0.775. The van der Waals surface area contributed by atoms with Crippen LogP contribution < -0.4 is 11.2 Å². The molecule has 2 aliphatic rings. The number of carbonyl (C=O) groups excluding carboxylic acids is 1. The fraction of sp³-hybridized carbons (Fsp3) is 0.526.